The van der Waals surface area contributed by atoms with Crippen LogP contribution in [-0.4, -0.2) is 26.2 Å². The number of hydrogen-bond donors (Lipinski definition) is 3. The topological polar surface area (TPSA) is 62.4 Å². The third kappa shape index (κ3) is 4.14. The van der Waals surface area contributed by atoms with E-state index in [1.54, 1.807) is 7.11 Å². The van der Waals surface area contributed by atoms with Crippen molar-refractivity contribution in [2.45, 2.75) is 44.6 Å². The predicted octanol–water partition coefficient (Wildman–Crippen LogP) is 3.97. The van der Waals surface area contributed by atoms with Gasteiger partial charge < -0.3 is 20.7 Å². The van der Waals surface area contributed by atoms with E-state index in [0.717, 1.165) is 42.9 Å². The van der Waals surface area contributed by atoms with E-state index in [1.165, 1.54) is 36.0 Å². The molecule has 0 fully saturated rings. The van der Waals surface area contributed by atoms with Crippen molar-refractivity contribution in [2.75, 3.05) is 25.5 Å². The Kier molecular flexibility index (Phi) is 5.81. The Labute approximate surface area is 166 Å². The van der Waals surface area contributed by atoms with E-state index in [2.05, 4.69) is 46.3 Å². The van der Waals surface area contributed by atoms with Crippen molar-refractivity contribution in [2.24, 2.45) is 0 Å². The van der Waals surface area contributed by atoms with E-state index >= 15 is 0 Å². The Bertz CT molecular complexity index is 850. The molecule has 28 heavy (non-hydrogen) atoms. The summed E-state index contributed by atoms with van der Waals surface area (Å²) in [5.41, 5.74) is 6.28. The summed E-state index contributed by atoms with van der Waals surface area (Å²) in [5.74, 6) is 1.68. The van der Waals surface area contributed by atoms with Crippen molar-refractivity contribution in [3.05, 3.63) is 58.7 Å². The van der Waals surface area contributed by atoms with E-state index in [4.69, 9.17) is 4.74 Å². The predicted molar refractivity (Wildman–Crippen MR) is 112 cm³/mol. The minimum Gasteiger partial charge on any atom is -0.496 e. The second-order valence-corrected chi connectivity index (χ2v) is 7.71. The molecule has 4 rings (SSSR count). The molecule has 1 aliphatic heterocycles. The molecule has 0 radical (unpaired) electrons. The standard InChI is InChI=1S/C23H29N3O2/c1-28-22-7-3-5-19-17(4-2-6-20(19)22)11-13-24-12-10-16-8-9-21-18(14-16)15-25-23(27)26-21/h3,5,7-9,14,17,24H,2,4,6,10-13,15H2,1H3,(H2,25,26,27). The van der Waals surface area contributed by atoms with E-state index < -0.39 is 0 Å². The number of carbonyl (C=O) groups is 1. The van der Waals surface area contributed by atoms with Gasteiger partial charge in [0, 0.05) is 12.2 Å². The summed E-state index contributed by atoms with van der Waals surface area (Å²) in [6.07, 6.45) is 5.82. The van der Waals surface area contributed by atoms with Gasteiger partial charge in [0.1, 0.15) is 5.75 Å². The molecule has 5 nitrogen and oxygen atoms in total. The lowest BCUT2D eigenvalue weighted by molar-refractivity contribution is 0.251. The van der Waals surface area contributed by atoms with Crippen LogP contribution in [0.25, 0.3) is 0 Å². The molecule has 0 spiro atoms. The average Bonchev–Trinajstić information content (AvgIpc) is 2.73. The van der Waals surface area contributed by atoms with Gasteiger partial charge in [0.25, 0.3) is 0 Å². The number of ether oxygens (including phenoxy) is 1. The molecule has 0 saturated heterocycles. The number of amides is 2. The third-order valence-corrected chi connectivity index (χ3v) is 5.93. The van der Waals surface area contributed by atoms with Crippen molar-refractivity contribution in [1.82, 2.24) is 10.6 Å². The number of methoxy groups -OCH3 is 1. The normalized spacial score (nSPS) is 17.9. The molecule has 0 aromatic heterocycles. The minimum absolute atomic E-state index is 0.121. The number of hydrogen-bond acceptors (Lipinski definition) is 3. The fourth-order valence-corrected chi connectivity index (χ4v) is 4.45. The molecule has 2 aromatic carbocycles. The maximum absolute atomic E-state index is 11.4. The molecule has 1 heterocycles. The Balaban J connectivity index is 1.26. The Hall–Kier alpha value is -2.53. The van der Waals surface area contributed by atoms with Crippen molar-refractivity contribution in [1.29, 1.82) is 0 Å². The van der Waals surface area contributed by atoms with Gasteiger partial charge in [-0.3, -0.25) is 0 Å². The van der Waals surface area contributed by atoms with E-state index in [9.17, 15) is 4.79 Å². The van der Waals surface area contributed by atoms with Crippen LogP contribution in [0.3, 0.4) is 0 Å². The maximum atomic E-state index is 11.4. The van der Waals surface area contributed by atoms with Gasteiger partial charge in [-0.25, -0.2) is 4.79 Å². The molecule has 3 N–H and O–H groups in total. The van der Waals surface area contributed by atoms with Gasteiger partial charge in [0.15, 0.2) is 0 Å². The SMILES string of the molecule is COc1cccc2c1CCCC2CCNCCc1ccc2c(c1)CNC(=O)N2. The largest absolute Gasteiger partial charge is 0.496 e. The summed E-state index contributed by atoms with van der Waals surface area (Å²) >= 11 is 0. The molecule has 1 atom stereocenters. The number of fused-ring (bicyclic) bond motifs is 2. The van der Waals surface area contributed by atoms with Crippen LogP contribution in [0.4, 0.5) is 10.5 Å². The van der Waals surface area contributed by atoms with Gasteiger partial charge in [0.2, 0.25) is 0 Å². The van der Waals surface area contributed by atoms with Gasteiger partial charge >= 0.3 is 6.03 Å². The first kappa shape index (κ1) is 18.8. The van der Waals surface area contributed by atoms with Gasteiger partial charge in [-0.05, 0) is 85.5 Å². The van der Waals surface area contributed by atoms with Crippen LogP contribution in [0.2, 0.25) is 0 Å². The molecular weight excluding hydrogens is 350 g/mol. The van der Waals surface area contributed by atoms with Gasteiger partial charge in [-0.2, -0.15) is 0 Å². The molecule has 0 bridgehead atoms. The third-order valence-electron chi connectivity index (χ3n) is 5.93. The van der Waals surface area contributed by atoms with E-state index in [-0.39, 0.29) is 6.03 Å². The second-order valence-electron chi connectivity index (χ2n) is 7.71. The number of rotatable bonds is 7. The van der Waals surface area contributed by atoms with E-state index in [1.807, 2.05) is 6.07 Å². The molecule has 0 saturated carbocycles. The summed E-state index contributed by atoms with van der Waals surface area (Å²) in [6, 6.07) is 12.7. The Morgan fingerprint density at radius 3 is 3.04 bits per heavy atom. The average molecular weight is 380 g/mol. The smallest absolute Gasteiger partial charge is 0.319 e. The maximum Gasteiger partial charge on any atom is 0.319 e. The highest BCUT2D eigenvalue weighted by atomic mass is 16.5. The van der Waals surface area contributed by atoms with Crippen molar-refractivity contribution < 1.29 is 9.53 Å². The zero-order valence-electron chi connectivity index (χ0n) is 16.5. The fourth-order valence-electron chi connectivity index (χ4n) is 4.45. The summed E-state index contributed by atoms with van der Waals surface area (Å²) in [5, 5.41) is 9.27. The highest BCUT2D eigenvalue weighted by Gasteiger charge is 2.22. The first-order valence-corrected chi connectivity index (χ1v) is 10.3. The molecular formula is C23H29N3O2. The Morgan fingerprint density at radius 1 is 1.21 bits per heavy atom. The fraction of sp³-hybridized carbons (Fsp3) is 0.435. The van der Waals surface area contributed by atoms with Crippen LogP contribution in [0.5, 0.6) is 5.75 Å². The second kappa shape index (κ2) is 8.65. The molecule has 1 unspecified atom stereocenters. The van der Waals surface area contributed by atoms with Crippen molar-refractivity contribution in [3.63, 3.8) is 0 Å². The lowest BCUT2D eigenvalue weighted by Crippen LogP contribution is -2.33. The summed E-state index contributed by atoms with van der Waals surface area (Å²) in [7, 11) is 1.77. The lowest BCUT2D eigenvalue weighted by atomic mass is 9.80. The van der Waals surface area contributed by atoms with Gasteiger partial charge in [-0.1, -0.05) is 24.3 Å². The molecule has 2 aliphatic rings. The molecule has 2 amide bonds. The van der Waals surface area contributed by atoms with Crippen LogP contribution in [-0.2, 0) is 19.4 Å². The van der Waals surface area contributed by atoms with E-state index in [0.29, 0.717) is 12.5 Å². The van der Waals surface area contributed by atoms with Crippen LogP contribution >= 0.6 is 0 Å². The molecule has 148 valence electrons. The number of anilines is 1. The first-order chi connectivity index (χ1) is 13.7. The highest BCUT2D eigenvalue weighted by molar-refractivity contribution is 5.92. The minimum atomic E-state index is -0.121. The number of urea groups is 1. The van der Waals surface area contributed by atoms with Crippen LogP contribution < -0.4 is 20.7 Å². The monoisotopic (exact) mass is 379 g/mol. The summed E-state index contributed by atoms with van der Waals surface area (Å²) in [6.45, 7) is 2.60. The quantitative estimate of drug-likeness (QED) is 0.638. The summed E-state index contributed by atoms with van der Waals surface area (Å²) < 4.78 is 5.56. The van der Waals surface area contributed by atoms with Gasteiger partial charge in [-0.15, -0.1) is 0 Å². The molecule has 5 heteroatoms. The first-order valence-electron chi connectivity index (χ1n) is 10.3. The molecule has 2 aromatic rings. The zero-order valence-corrected chi connectivity index (χ0v) is 16.5. The van der Waals surface area contributed by atoms with Crippen LogP contribution in [0.1, 0.15) is 47.4 Å². The van der Waals surface area contributed by atoms with Gasteiger partial charge in [0.05, 0.1) is 7.11 Å². The zero-order chi connectivity index (χ0) is 19.3. The van der Waals surface area contributed by atoms with Crippen LogP contribution in [0, 0.1) is 0 Å². The number of nitrogens with one attached hydrogen (secondary N) is 3. The lowest BCUT2D eigenvalue weighted by Gasteiger charge is -2.27. The van der Waals surface area contributed by atoms with Crippen molar-refractivity contribution >= 4 is 11.7 Å². The summed E-state index contributed by atoms with van der Waals surface area (Å²) in [4.78, 5) is 11.4. The Morgan fingerprint density at radius 2 is 2.14 bits per heavy atom. The number of benzene rings is 2. The number of carbonyl (C=O) groups excluding carboxylic acids is 1. The molecule has 1 aliphatic carbocycles. The van der Waals surface area contributed by atoms with Crippen molar-refractivity contribution in [3.8, 4) is 5.75 Å². The van der Waals surface area contributed by atoms with Crippen LogP contribution in [0.15, 0.2) is 36.4 Å². The highest BCUT2D eigenvalue weighted by Crippen LogP contribution is 2.38.